The van der Waals surface area contributed by atoms with Gasteiger partial charge in [0.25, 0.3) is 0 Å². The van der Waals surface area contributed by atoms with Crippen LogP contribution in [0, 0.1) is 0 Å². The van der Waals surface area contributed by atoms with Crippen LogP contribution in [0.25, 0.3) is 0 Å². The molecule has 7 heteroatoms. The number of rotatable bonds is 1. The van der Waals surface area contributed by atoms with Crippen LogP contribution in [0.4, 0.5) is 19.0 Å². The van der Waals surface area contributed by atoms with Crippen molar-refractivity contribution in [3.05, 3.63) is 22.3 Å². The Bertz CT molecular complexity index is 464. The predicted molar refractivity (Wildman–Crippen MR) is 71.0 cm³/mol. The van der Waals surface area contributed by atoms with Crippen molar-refractivity contribution in [3.63, 3.8) is 0 Å². The zero-order valence-electron chi connectivity index (χ0n) is 10.4. The van der Waals surface area contributed by atoms with Crippen LogP contribution in [-0.4, -0.2) is 23.6 Å². The highest BCUT2D eigenvalue weighted by atomic mass is 79.9. The van der Waals surface area contributed by atoms with Crippen LogP contribution < -0.4 is 10.6 Å². The van der Waals surface area contributed by atoms with Gasteiger partial charge >= 0.3 is 6.18 Å². The number of aromatic nitrogens is 1. The van der Waals surface area contributed by atoms with Crippen LogP contribution in [0.2, 0.25) is 0 Å². The fraction of sp³-hybridized carbons (Fsp3) is 0.583. The molecule has 19 heavy (non-hydrogen) atoms. The molecule has 0 spiro atoms. The summed E-state index contributed by atoms with van der Waals surface area (Å²) in [5.41, 5.74) is 5.13. The molecule has 0 amide bonds. The fourth-order valence-electron chi connectivity index (χ4n) is 2.39. The SMILES string of the molecule is CC1CC(N)CCN1c1ncc(Br)cc1C(F)(F)F. The molecule has 0 aromatic carbocycles. The number of halogens is 4. The Morgan fingerprint density at radius 2 is 2.16 bits per heavy atom. The van der Waals surface area contributed by atoms with Crippen LogP contribution in [0.3, 0.4) is 0 Å². The second-order valence-corrected chi connectivity index (χ2v) is 5.77. The highest BCUT2D eigenvalue weighted by Gasteiger charge is 2.38. The first-order valence-corrected chi connectivity index (χ1v) is 6.83. The van der Waals surface area contributed by atoms with E-state index in [-0.39, 0.29) is 17.9 Å². The van der Waals surface area contributed by atoms with Gasteiger partial charge in [-0.15, -0.1) is 0 Å². The van der Waals surface area contributed by atoms with Gasteiger partial charge in [-0.1, -0.05) is 0 Å². The van der Waals surface area contributed by atoms with E-state index in [4.69, 9.17) is 5.73 Å². The molecule has 2 heterocycles. The topological polar surface area (TPSA) is 42.1 Å². The molecule has 2 unspecified atom stereocenters. The van der Waals surface area contributed by atoms with E-state index in [1.54, 1.807) is 4.90 Å². The maximum Gasteiger partial charge on any atom is 0.419 e. The fourth-order valence-corrected chi connectivity index (χ4v) is 2.72. The zero-order valence-corrected chi connectivity index (χ0v) is 12.0. The highest BCUT2D eigenvalue weighted by Crippen LogP contribution is 2.38. The largest absolute Gasteiger partial charge is 0.419 e. The number of piperidine rings is 1. The van der Waals surface area contributed by atoms with Crippen molar-refractivity contribution in [2.24, 2.45) is 5.73 Å². The molecule has 106 valence electrons. The minimum atomic E-state index is -4.41. The number of anilines is 1. The van der Waals surface area contributed by atoms with E-state index in [9.17, 15) is 13.2 Å². The third-order valence-electron chi connectivity index (χ3n) is 3.33. The lowest BCUT2D eigenvalue weighted by Crippen LogP contribution is -2.46. The molecule has 1 fully saturated rings. The number of nitrogens with two attached hydrogens (primary N) is 1. The van der Waals surface area contributed by atoms with E-state index >= 15 is 0 Å². The van der Waals surface area contributed by atoms with Crippen molar-refractivity contribution >= 4 is 21.7 Å². The van der Waals surface area contributed by atoms with Gasteiger partial charge in [0.2, 0.25) is 0 Å². The smallest absolute Gasteiger partial charge is 0.353 e. The van der Waals surface area contributed by atoms with E-state index in [2.05, 4.69) is 20.9 Å². The number of alkyl halides is 3. The van der Waals surface area contributed by atoms with E-state index in [0.717, 1.165) is 6.07 Å². The number of hydrogen-bond donors (Lipinski definition) is 1. The summed E-state index contributed by atoms with van der Waals surface area (Å²) in [6.07, 6.45) is -1.66. The molecule has 1 aliphatic heterocycles. The number of nitrogens with zero attached hydrogens (tertiary/aromatic N) is 2. The van der Waals surface area contributed by atoms with Gasteiger partial charge in [-0.05, 0) is 41.8 Å². The Hall–Kier alpha value is -0.820. The highest BCUT2D eigenvalue weighted by molar-refractivity contribution is 9.10. The van der Waals surface area contributed by atoms with Crippen molar-refractivity contribution in [1.29, 1.82) is 0 Å². The summed E-state index contributed by atoms with van der Waals surface area (Å²) < 4.78 is 39.5. The van der Waals surface area contributed by atoms with Gasteiger partial charge in [-0.3, -0.25) is 0 Å². The molecule has 1 aliphatic rings. The van der Waals surface area contributed by atoms with Gasteiger partial charge < -0.3 is 10.6 Å². The molecule has 0 aliphatic carbocycles. The second kappa shape index (κ2) is 5.28. The van der Waals surface area contributed by atoms with Gasteiger partial charge in [0.05, 0.1) is 5.56 Å². The molecule has 3 nitrogen and oxygen atoms in total. The summed E-state index contributed by atoms with van der Waals surface area (Å²) in [6.45, 7) is 2.38. The van der Waals surface area contributed by atoms with Gasteiger partial charge in [-0.2, -0.15) is 13.2 Å². The van der Waals surface area contributed by atoms with Crippen molar-refractivity contribution in [1.82, 2.24) is 4.98 Å². The lowest BCUT2D eigenvalue weighted by Gasteiger charge is -2.38. The summed E-state index contributed by atoms with van der Waals surface area (Å²) in [5, 5.41) is 0. The first-order chi connectivity index (χ1) is 8.79. The van der Waals surface area contributed by atoms with E-state index in [1.807, 2.05) is 6.92 Å². The Morgan fingerprint density at radius 3 is 2.74 bits per heavy atom. The monoisotopic (exact) mass is 337 g/mol. The quantitative estimate of drug-likeness (QED) is 0.855. The van der Waals surface area contributed by atoms with Gasteiger partial charge in [0.1, 0.15) is 5.82 Å². The van der Waals surface area contributed by atoms with Crippen LogP contribution in [0.15, 0.2) is 16.7 Å². The summed E-state index contributed by atoms with van der Waals surface area (Å²) in [4.78, 5) is 5.66. The molecule has 2 rings (SSSR count). The van der Waals surface area contributed by atoms with Crippen molar-refractivity contribution in [2.45, 2.75) is 38.0 Å². The molecule has 2 N–H and O–H groups in total. The van der Waals surface area contributed by atoms with Crippen LogP contribution in [0.5, 0.6) is 0 Å². The summed E-state index contributed by atoms with van der Waals surface area (Å²) in [5.74, 6) is -0.00454. The van der Waals surface area contributed by atoms with Crippen molar-refractivity contribution in [3.8, 4) is 0 Å². The molecule has 1 aromatic heterocycles. The molecule has 1 aromatic rings. The molecular formula is C12H15BrF3N3. The normalized spacial score (nSPS) is 24.6. The third-order valence-corrected chi connectivity index (χ3v) is 3.76. The van der Waals surface area contributed by atoms with E-state index < -0.39 is 11.7 Å². The minimum Gasteiger partial charge on any atom is -0.353 e. The predicted octanol–water partition coefficient (Wildman–Crippen LogP) is 3.18. The maximum absolute atomic E-state index is 13.1. The van der Waals surface area contributed by atoms with Crippen LogP contribution in [-0.2, 0) is 6.18 Å². The van der Waals surface area contributed by atoms with Gasteiger partial charge in [0.15, 0.2) is 0 Å². The lowest BCUT2D eigenvalue weighted by atomic mass is 9.98. The molecule has 0 radical (unpaired) electrons. The molecule has 2 atom stereocenters. The van der Waals surface area contributed by atoms with E-state index in [1.165, 1.54) is 6.20 Å². The standard InChI is InChI=1S/C12H15BrF3N3/c1-7-4-9(17)2-3-19(7)11-10(12(14,15)16)5-8(13)6-18-11/h5-7,9H,2-4,17H2,1H3. The van der Waals surface area contributed by atoms with Crippen molar-refractivity contribution in [2.75, 3.05) is 11.4 Å². The summed E-state index contributed by atoms with van der Waals surface area (Å²) in [7, 11) is 0. The Labute approximate surface area is 118 Å². The molecular weight excluding hydrogens is 323 g/mol. The molecule has 1 saturated heterocycles. The van der Waals surface area contributed by atoms with Crippen LogP contribution in [0.1, 0.15) is 25.3 Å². The average Bonchev–Trinajstić information content (AvgIpc) is 2.28. The first kappa shape index (κ1) is 14.6. The van der Waals surface area contributed by atoms with Gasteiger partial charge in [-0.25, -0.2) is 4.98 Å². The lowest BCUT2D eigenvalue weighted by molar-refractivity contribution is -0.137. The van der Waals surface area contributed by atoms with Crippen molar-refractivity contribution < 1.29 is 13.2 Å². The summed E-state index contributed by atoms with van der Waals surface area (Å²) >= 11 is 3.04. The maximum atomic E-state index is 13.1. The van der Waals surface area contributed by atoms with E-state index in [0.29, 0.717) is 23.9 Å². The summed E-state index contributed by atoms with van der Waals surface area (Å²) in [6, 6.07) is 1.08. The molecule has 0 bridgehead atoms. The number of pyridine rings is 1. The zero-order chi connectivity index (χ0) is 14.2. The first-order valence-electron chi connectivity index (χ1n) is 6.04. The third kappa shape index (κ3) is 3.20. The Morgan fingerprint density at radius 1 is 1.47 bits per heavy atom. The van der Waals surface area contributed by atoms with Crippen LogP contribution >= 0.6 is 15.9 Å². The van der Waals surface area contributed by atoms with Gasteiger partial charge in [0, 0.05) is 29.3 Å². The second-order valence-electron chi connectivity index (χ2n) is 4.85. The Kier molecular flexibility index (Phi) is 4.06. The minimum absolute atomic E-state index is 0.00454. The number of hydrogen-bond acceptors (Lipinski definition) is 3. The average molecular weight is 338 g/mol. The Balaban J connectivity index is 2.39. The molecule has 0 saturated carbocycles.